The van der Waals surface area contributed by atoms with Gasteiger partial charge in [-0.25, -0.2) is 4.39 Å². The number of hydrogen-bond acceptors (Lipinski definition) is 4. The molecule has 0 aliphatic heterocycles. The van der Waals surface area contributed by atoms with Crippen molar-refractivity contribution in [2.45, 2.75) is 45.3 Å². The van der Waals surface area contributed by atoms with Crippen LogP contribution in [0.25, 0.3) is 11.1 Å². The second-order valence-electron chi connectivity index (χ2n) is 8.70. The van der Waals surface area contributed by atoms with Crippen molar-refractivity contribution in [1.29, 1.82) is 0 Å². The van der Waals surface area contributed by atoms with Crippen LogP contribution < -0.4 is 15.8 Å². The van der Waals surface area contributed by atoms with Gasteiger partial charge in [0.25, 0.3) is 0 Å². The molecule has 1 aliphatic carbocycles. The van der Waals surface area contributed by atoms with E-state index in [0.717, 1.165) is 35.2 Å². The van der Waals surface area contributed by atoms with Crippen molar-refractivity contribution in [3.8, 4) is 16.9 Å². The van der Waals surface area contributed by atoms with Crippen molar-refractivity contribution < 1.29 is 13.9 Å². The fourth-order valence-corrected chi connectivity index (χ4v) is 4.53. The van der Waals surface area contributed by atoms with E-state index in [0.29, 0.717) is 35.8 Å². The van der Waals surface area contributed by atoms with Gasteiger partial charge >= 0.3 is 0 Å². The summed E-state index contributed by atoms with van der Waals surface area (Å²) in [6.45, 7) is 1.39. The minimum absolute atomic E-state index is 0.156. The molecule has 4 nitrogen and oxygen atoms in total. The first-order chi connectivity index (χ1) is 16.2. The lowest BCUT2D eigenvalue weighted by atomic mass is 9.99. The maximum Gasteiger partial charge on any atom is 0.135 e. The maximum absolute atomic E-state index is 15.1. The van der Waals surface area contributed by atoms with E-state index in [1.807, 2.05) is 42.5 Å². The summed E-state index contributed by atoms with van der Waals surface area (Å²) in [6, 6.07) is 18.9. The Morgan fingerprint density at radius 3 is 2.61 bits per heavy atom. The minimum Gasteiger partial charge on any atom is -0.489 e. The van der Waals surface area contributed by atoms with Gasteiger partial charge in [-0.3, -0.25) is 0 Å². The lowest BCUT2D eigenvalue weighted by Crippen LogP contribution is -2.11. The van der Waals surface area contributed by atoms with Crippen LogP contribution >= 0.6 is 0 Å². The van der Waals surface area contributed by atoms with Crippen molar-refractivity contribution in [3.05, 3.63) is 83.2 Å². The number of carbonyl (C=O) groups excluding carboxylic acids is 1. The van der Waals surface area contributed by atoms with E-state index >= 15 is 4.39 Å². The van der Waals surface area contributed by atoms with Crippen molar-refractivity contribution in [3.63, 3.8) is 0 Å². The van der Waals surface area contributed by atoms with E-state index in [-0.39, 0.29) is 12.4 Å². The molecule has 33 heavy (non-hydrogen) atoms. The lowest BCUT2D eigenvalue weighted by Gasteiger charge is -2.16. The Morgan fingerprint density at radius 1 is 1.03 bits per heavy atom. The Bertz CT molecular complexity index is 1090. The Labute approximate surface area is 195 Å². The first-order valence-corrected chi connectivity index (χ1v) is 11.7. The van der Waals surface area contributed by atoms with Crippen LogP contribution in [0.4, 0.5) is 10.1 Å². The first-order valence-electron chi connectivity index (χ1n) is 11.7. The standard InChI is InChI=1S/C28H31FN2O2/c29-28-23(17-30)9-5-10-26(28)24-14-21(15-25(16-24)31-18-20-6-1-2-7-20)19-33-27-11-4-3-8-22(27)12-13-32/h3-5,8-11,13-16,20,31H,1-2,6-7,12,17-19,30H2. The van der Waals surface area contributed by atoms with Gasteiger partial charge in [-0.05, 0) is 54.2 Å². The molecule has 4 rings (SSSR count). The molecular weight excluding hydrogens is 415 g/mol. The van der Waals surface area contributed by atoms with Gasteiger partial charge in [0.2, 0.25) is 0 Å². The normalized spacial score (nSPS) is 13.8. The molecule has 0 radical (unpaired) electrons. The largest absolute Gasteiger partial charge is 0.489 e. The number of nitrogens with one attached hydrogen (secondary N) is 1. The molecule has 0 saturated heterocycles. The third kappa shape index (κ3) is 5.79. The molecule has 0 amide bonds. The monoisotopic (exact) mass is 446 g/mol. The van der Waals surface area contributed by atoms with Crippen LogP contribution in [0.15, 0.2) is 60.7 Å². The molecular formula is C28H31FN2O2. The number of halogens is 1. The van der Waals surface area contributed by atoms with Crippen LogP contribution in [0, 0.1) is 11.7 Å². The zero-order valence-electron chi connectivity index (χ0n) is 18.9. The maximum atomic E-state index is 15.1. The smallest absolute Gasteiger partial charge is 0.135 e. The van der Waals surface area contributed by atoms with E-state index in [1.54, 1.807) is 12.1 Å². The second kappa shape index (κ2) is 11.1. The quantitative estimate of drug-likeness (QED) is 0.382. The number of para-hydroxylation sites is 1. The average Bonchev–Trinajstić information content (AvgIpc) is 3.36. The highest BCUT2D eigenvalue weighted by Crippen LogP contribution is 2.31. The molecule has 0 heterocycles. The molecule has 1 fully saturated rings. The van der Waals surface area contributed by atoms with Gasteiger partial charge in [-0.1, -0.05) is 49.2 Å². The van der Waals surface area contributed by atoms with Crippen LogP contribution in [0.2, 0.25) is 0 Å². The summed E-state index contributed by atoms with van der Waals surface area (Å²) in [5.41, 5.74) is 10.3. The van der Waals surface area contributed by atoms with Gasteiger partial charge in [0.05, 0.1) is 0 Å². The fraction of sp³-hybridized carbons (Fsp3) is 0.321. The van der Waals surface area contributed by atoms with Gasteiger partial charge in [0.1, 0.15) is 24.5 Å². The van der Waals surface area contributed by atoms with Crippen molar-refractivity contribution in [2.24, 2.45) is 11.7 Å². The third-order valence-corrected chi connectivity index (χ3v) is 6.34. The topological polar surface area (TPSA) is 64.3 Å². The molecule has 0 aromatic heterocycles. The Hall–Kier alpha value is -3.18. The number of rotatable bonds is 10. The van der Waals surface area contributed by atoms with Gasteiger partial charge in [-0.15, -0.1) is 0 Å². The molecule has 3 aromatic carbocycles. The zero-order chi connectivity index (χ0) is 23.0. The highest BCUT2D eigenvalue weighted by molar-refractivity contribution is 5.70. The molecule has 1 saturated carbocycles. The minimum atomic E-state index is -0.281. The number of hydrogen-bond donors (Lipinski definition) is 2. The van der Waals surface area contributed by atoms with Crippen molar-refractivity contribution >= 4 is 12.0 Å². The number of nitrogens with two attached hydrogens (primary N) is 1. The molecule has 5 heteroatoms. The number of ether oxygens (including phenoxy) is 1. The van der Waals surface area contributed by atoms with E-state index in [1.165, 1.54) is 25.7 Å². The van der Waals surface area contributed by atoms with Gasteiger partial charge < -0.3 is 20.6 Å². The highest BCUT2D eigenvalue weighted by Gasteiger charge is 2.16. The molecule has 172 valence electrons. The molecule has 0 atom stereocenters. The molecule has 3 aromatic rings. The Morgan fingerprint density at radius 2 is 1.82 bits per heavy atom. The zero-order valence-corrected chi connectivity index (χ0v) is 18.9. The molecule has 0 unspecified atom stereocenters. The summed E-state index contributed by atoms with van der Waals surface area (Å²) in [5, 5.41) is 3.57. The van der Waals surface area contributed by atoms with E-state index in [4.69, 9.17) is 10.5 Å². The van der Waals surface area contributed by atoms with Gasteiger partial charge in [0, 0.05) is 41.9 Å². The Balaban J connectivity index is 1.62. The molecule has 0 bridgehead atoms. The average molecular weight is 447 g/mol. The molecule has 0 spiro atoms. The predicted molar refractivity (Wildman–Crippen MR) is 131 cm³/mol. The summed E-state index contributed by atoms with van der Waals surface area (Å²) in [4.78, 5) is 11.0. The highest BCUT2D eigenvalue weighted by atomic mass is 19.1. The van der Waals surface area contributed by atoms with Crippen LogP contribution in [-0.4, -0.2) is 12.8 Å². The Kier molecular flexibility index (Phi) is 7.74. The van der Waals surface area contributed by atoms with E-state index in [2.05, 4.69) is 11.4 Å². The van der Waals surface area contributed by atoms with Crippen molar-refractivity contribution in [1.82, 2.24) is 0 Å². The fourth-order valence-electron chi connectivity index (χ4n) is 4.53. The van der Waals surface area contributed by atoms with Crippen LogP contribution in [0.5, 0.6) is 5.75 Å². The SMILES string of the molecule is NCc1cccc(-c2cc(COc3ccccc3CC=O)cc(NCC3CCCC3)c2)c1F. The summed E-state index contributed by atoms with van der Waals surface area (Å²) in [7, 11) is 0. The van der Waals surface area contributed by atoms with Crippen LogP contribution in [0.3, 0.4) is 0 Å². The van der Waals surface area contributed by atoms with Gasteiger partial charge in [-0.2, -0.15) is 0 Å². The van der Waals surface area contributed by atoms with E-state index < -0.39 is 0 Å². The predicted octanol–water partition coefficient (Wildman–Crippen LogP) is 5.87. The molecule has 3 N–H and O–H groups in total. The summed E-state index contributed by atoms with van der Waals surface area (Å²) in [5.74, 6) is 1.09. The number of carbonyl (C=O) groups is 1. The number of anilines is 1. The number of benzene rings is 3. The van der Waals surface area contributed by atoms with Gasteiger partial charge in [0.15, 0.2) is 0 Å². The lowest BCUT2D eigenvalue weighted by molar-refractivity contribution is -0.107. The summed E-state index contributed by atoms with van der Waals surface area (Å²) >= 11 is 0. The van der Waals surface area contributed by atoms with Crippen LogP contribution in [-0.2, 0) is 24.4 Å². The summed E-state index contributed by atoms with van der Waals surface area (Å²) in [6.07, 6.45) is 6.28. The second-order valence-corrected chi connectivity index (χ2v) is 8.70. The first kappa shape index (κ1) is 23.0. The third-order valence-electron chi connectivity index (χ3n) is 6.34. The van der Waals surface area contributed by atoms with Crippen LogP contribution in [0.1, 0.15) is 42.4 Å². The van der Waals surface area contributed by atoms with Crippen molar-refractivity contribution in [2.75, 3.05) is 11.9 Å². The van der Waals surface area contributed by atoms with E-state index in [9.17, 15) is 4.79 Å². The summed E-state index contributed by atoms with van der Waals surface area (Å²) < 4.78 is 21.2. The number of aldehydes is 1. The molecule has 1 aliphatic rings.